The Morgan fingerprint density at radius 3 is 2.52 bits per heavy atom. The number of benzene rings is 2. The van der Waals surface area contributed by atoms with Crippen LogP contribution in [0.4, 0.5) is 9.52 Å². The van der Waals surface area contributed by atoms with Crippen LogP contribution < -0.4 is 10.0 Å². The number of aryl methyl sites for hydroxylation is 1. The van der Waals surface area contributed by atoms with Crippen LogP contribution in [0.25, 0.3) is 0 Å². The third-order valence-electron chi connectivity index (χ3n) is 4.09. The zero-order valence-electron chi connectivity index (χ0n) is 16.7. The normalized spacial score (nSPS) is 11.4. The molecule has 11 heteroatoms. The molecule has 0 fully saturated rings. The van der Waals surface area contributed by atoms with E-state index in [1.807, 2.05) is 6.92 Å². The topological polar surface area (TPSA) is 101 Å². The van der Waals surface area contributed by atoms with Gasteiger partial charge in [0.05, 0.1) is 10.6 Å². The number of amides is 1. The quantitative estimate of drug-likeness (QED) is 0.461. The summed E-state index contributed by atoms with van der Waals surface area (Å²) in [6.45, 7) is 2.06. The summed E-state index contributed by atoms with van der Waals surface area (Å²) in [4.78, 5) is 12.3. The highest BCUT2D eigenvalue weighted by atomic mass is 32.2. The minimum atomic E-state index is -3.58. The highest BCUT2D eigenvalue weighted by Gasteiger charge is 2.14. The second-order valence-corrected chi connectivity index (χ2v) is 10.4. The molecule has 31 heavy (non-hydrogen) atoms. The standard InChI is InChI=1S/C20H21FN4O3S3/c1-14-2-8-17(9-3-14)31(27,28)22-11-10-19-24-25-20(30-19)23-18(26)13-29-12-15-4-6-16(21)7-5-15/h2-9,22H,10-13H2,1H3,(H,23,25,26). The maximum absolute atomic E-state index is 12.9. The molecule has 0 aliphatic rings. The Kier molecular flexibility index (Phi) is 8.13. The van der Waals surface area contributed by atoms with Crippen molar-refractivity contribution in [1.82, 2.24) is 14.9 Å². The highest BCUT2D eigenvalue weighted by molar-refractivity contribution is 7.99. The minimum absolute atomic E-state index is 0.173. The van der Waals surface area contributed by atoms with E-state index in [1.165, 1.54) is 35.2 Å². The summed E-state index contributed by atoms with van der Waals surface area (Å²) < 4.78 is 40.0. The number of thioether (sulfide) groups is 1. The van der Waals surface area contributed by atoms with Gasteiger partial charge in [-0.05, 0) is 36.8 Å². The number of rotatable bonds is 10. The van der Waals surface area contributed by atoms with E-state index in [-0.39, 0.29) is 28.9 Å². The van der Waals surface area contributed by atoms with Crippen LogP contribution in [0.15, 0.2) is 53.4 Å². The highest BCUT2D eigenvalue weighted by Crippen LogP contribution is 2.18. The van der Waals surface area contributed by atoms with Crippen molar-refractivity contribution in [3.8, 4) is 0 Å². The first-order valence-electron chi connectivity index (χ1n) is 9.32. The molecule has 0 aliphatic carbocycles. The lowest BCUT2D eigenvalue weighted by atomic mass is 10.2. The lowest BCUT2D eigenvalue weighted by Gasteiger charge is -2.05. The summed E-state index contributed by atoms with van der Waals surface area (Å²) in [6, 6.07) is 12.8. The van der Waals surface area contributed by atoms with Crippen molar-refractivity contribution in [2.45, 2.75) is 24.0 Å². The number of aromatic nitrogens is 2. The van der Waals surface area contributed by atoms with Gasteiger partial charge in [0.25, 0.3) is 0 Å². The van der Waals surface area contributed by atoms with Crippen LogP contribution in [0.5, 0.6) is 0 Å². The average molecular weight is 481 g/mol. The number of carbonyl (C=O) groups excluding carboxylic acids is 1. The van der Waals surface area contributed by atoms with Crippen molar-refractivity contribution in [3.05, 3.63) is 70.5 Å². The van der Waals surface area contributed by atoms with E-state index < -0.39 is 10.0 Å². The van der Waals surface area contributed by atoms with E-state index in [2.05, 4.69) is 20.2 Å². The molecule has 164 valence electrons. The molecule has 1 heterocycles. The van der Waals surface area contributed by atoms with Gasteiger partial charge in [0, 0.05) is 18.7 Å². The first-order chi connectivity index (χ1) is 14.8. The maximum atomic E-state index is 12.9. The Bertz CT molecular complexity index is 1120. The van der Waals surface area contributed by atoms with Crippen LogP contribution in [0.2, 0.25) is 0 Å². The Morgan fingerprint density at radius 1 is 1.10 bits per heavy atom. The van der Waals surface area contributed by atoms with Crippen molar-refractivity contribution < 1.29 is 17.6 Å². The summed E-state index contributed by atoms with van der Waals surface area (Å²) in [6.07, 6.45) is 0.359. The number of hydrogen-bond acceptors (Lipinski definition) is 7. The number of hydrogen-bond donors (Lipinski definition) is 2. The van der Waals surface area contributed by atoms with Crippen LogP contribution >= 0.6 is 23.1 Å². The summed E-state index contributed by atoms with van der Waals surface area (Å²) in [7, 11) is -3.58. The fraction of sp³-hybridized carbons (Fsp3) is 0.250. The van der Waals surface area contributed by atoms with Gasteiger partial charge < -0.3 is 0 Å². The van der Waals surface area contributed by atoms with E-state index >= 15 is 0 Å². The number of halogens is 1. The molecule has 3 aromatic rings. The molecule has 0 spiro atoms. The molecule has 0 saturated carbocycles. The molecule has 0 radical (unpaired) electrons. The number of anilines is 1. The fourth-order valence-corrected chi connectivity index (χ4v) is 5.07. The Labute approximate surface area is 188 Å². The number of carbonyl (C=O) groups is 1. The van der Waals surface area contributed by atoms with Crippen LogP contribution in [-0.2, 0) is 27.0 Å². The molecule has 0 aliphatic heterocycles. The summed E-state index contributed by atoms with van der Waals surface area (Å²) in [5, 5.41) is 11.6. The van der Waals surface area contributed by atoms with Gasteiger partial charge in [-0.15, -0.1) is 22.0 Å². The monoisotopic (exact) mass is 480 g/mol. The van der Waals surface area contributed by atoms with Crippen LogP contribution in [0.3, 0.4) is 0 Å². The molecule has 0 unspecified atom stereocenters. The van der Waals surface area contributed by atoms with Gasteiger partial charge in [-0.3, -0.25) is 10.1 Å². The lowest BCUT2D eigenvalue weighted by Crippen LogP contribution is -2.25. The predicted molar refractivity (Wildman–Crippen MR) is 121 cm³/mol. The van der Waals surface area contributed by atoms with Crippen molar-refractivity contribution in [3.63, 3.8) is 0 Å². The predicted octanol–water partition coefficient (Wildman–Crippen LogP) is 3.38. The van der Waals surface area contributed by atoms with Crippen LogP contribution in [0, 0.1) is 12.7 Å². The maximum Gasteiger partial charge on any atom is 0.240 e. The minimum Gasteiger partial charge on any atom is -0.300 e. The third-order valence-corrected chi connectivity index (χ3v) is 7.47. The first kappa shape index (κ1) is 23.3. The Morgan fingerprint density at radius 2 is 1.81 bits per heavy atom. The Hall–Kier alpha value is -2.34. The molecular weight excluding hydrogens is 459 g/mol. The van der Waals surface area contributed by atoms with Crippen LogP contribution in [0.1, 0.15) is 16.1 Å². The van der Waals surface area contributed by atoms with E-state index in [0.717, 1.165) is 11.1 Å². The smallest absolute Gasteiger partial charge is 0.240 e. The molecule has 7 nitrogen and oxygen atoms in total. The van der Waals surface area contributed by atoms with Gasteiger partial charge in [-0.2, -0.15) is 0 Å². The van der Waals surface area contributed by atoms with Crippen molar-refractivity contribution in [1.29, 1.82) is 0 Å². The van der Waals surface area contributed by atoms with Gasteiger partial charge in [-0.25, -0.2) is 17.5 Å². The van der Waals surface area contributed by atoms with Crippen LogP contribution in [-0.4, -0.2) is 36.8 Å². The summed E-state index contributed by atoms with van der Waals surface area (Å²) in [5.74, 6) is 0.315. The van der Waals surface area contributed by atoms with Crippen molar-refractivity contribution in [2.75, 3.05) is 17.6 Å². The molecule has 3 rings (SSSR count). The molecule has 0 saturated heterocycles. The summed E-state index contributed by atoms with van der Waals surface area (Å²) >= 11 is 2.61. The van der Waals surface area contributed by atoms with Crippen molar-refractivity contribution >= 4 is 44.2 Å². The molecule has 1 aromatic heterocycles. The lowest BCUT2D eigenvalue weighted by molar-refractivity contribution is -0.113. The van der Waals surface area contributed by atoms with E-state index in [9.17, 15) is 17.6 Å². The summed E-state index contributed by atoms with van der Waals surface area (Å²) in [5.41, 5.74) is 1.92. The van der Waals surface area contributed by atoms with Gasteiger partial charge in [-0.1, -0.05) is 41.2 Å². The molecule has 1 amide bonds. The van der Waals surface area contributed by atoms with Gasteiger partial charge in [0.1, 0.15) is 10.8 Å². The SMILES string of the molecule is Cc1ccc(S(=O)(=O)NCCc2nnc(NC(=O)CSCc3ccc(F)cc3)s2)cc1. The average Bonchev–Trinajstić information content (AvgIpc) is 3.16. The number of nitrogens with zero attached hydrogens (tertiary/aromatic N) is 2. The van der Waals surface area contributed by atoms with E-state index in [0.29, 0.717) is 22.3 Å². The molecular formula is C20H21FN4O3S3. The largest absolute Gasteiger partial charge is 0.300 e. The second-order valence-electron chi connectivity index (χ2n) is 6.63. The molecule has 2 N–H and O–H groups in total. The molecule has 0 atom stereocenters. The van der Waals surface area contributed by atoms with Gasteiger partial charge >= 0.3 is 0 Å². The van der Waals surface area contributed by atoms with E-state index in [1.54, 1.807) is 36.4 Å². The first-order valence-corrected chi connectivity index (χ1v) is 12.8. The van der Waals surface area contributed by atoms with E-state index in [4.69, 9.17) is 0 Å². The number of nitrogens with one attached hydrogen (secondary N) is 2. The third kappa shape index (κ3) is 7.39. The fourth-order valence-electron chi connectivity index (χ4n) is 2.50. The zero-order chi connectivity index (χ0) is 22.3. The molecule has 2 aromatic carbocycles. The van der Waals surface area contributed by atoms with Gasteiger partial charge in [0.15, 0.2) is 0 Å². The Balaban J connectivity index is 1.40. The van der Waals surface area contributed by atoms with Gasteiger partial charge in [0.2, 0.25) is 21.1 Å². The number of sulfonamides is 1. The second kappa shape index (κ2) is 10.8. The van der Waals surface area contributed by atoms with Crippen molar-refractivity contribution in [2.24, 2.45) is 0 Å². The molecule has 0 bridgehead atoms. The zero-order valence-corrected chi connectivity index (χ0v) is 19.1.